The number of benzene rings is 1. The van der Waals surface area contributed by atoms with Gasteiger partial charge in [-0.25, -0.2) is 0 Å². The number of anilines is 1. The number of esters is 2. The summed E-state index contributed by atoms with van der Waals surface area (Å²) in [4.78, 5) is 43.4. The lowest BCUT2D eigenvalue weighted by Gasteiger charge is -2.34. The van der Waals surface area contributed by atoms with Gasteiger partial charge in [0, 0.05) is 17.6 Å². The van der Waals surface area contributed by atoms with E-state index >= 15 is 0 Å². The SMILES string of the molecule is COC(=O)C(C(=O)OC)C1(c2cc(C)cnc2C)C(=O)Nc2ccc(C)cc21. The molecule has 146 valence electrons. The van der Waals surface area contributed by atoms with Crippen LogP contribution in [0.3, 0.4) is 0 Å². The topological polar surface area (TPSA) is 94.6 Å². The first-order valence-corrected chi connectivity index (χ1v) is 8.79. The number of aromatic nitrogens is 1. The van der Waals surface area contributed by atoms with Gasteiger partial charge in [-0.15, -0.1) is 0 Å². The molecule has 0 aliphatic carbocycles. The van der Waals surface area contributed by atoms with Crippen molar-refractivity contribution >= 4 is 23.5 Å². The molecule has 3 rings (SSSR count). The number of hydrogen-bond donors (Lipinski definition) is 1. The molecule has 1 aliphatic rings. The highest BCUT2D eigenvalue weighted by atomic mass is 16.5. The third-order valence-electron chi connectivity index (χ3n) is 5.16. The Morgan fingerprint density at radius 1 is 1.00 bits per heavy atom. The molecule has 2 aromatic rings. The highest BCUT2D eigenvalue weighted by Crippen LogP contribution is 2.50. The van der Waals surface area contributed by atoms with Crippen molar-refractivity contribution in [1.29, 1.82) is 0 Å². The fourth-order valence-electron chi connectivity index (χ4n) is 3.87. The second kappa shape index (κ2) is 7.07. The van der Waals surface area contributed by atoms with E-state index < -0.39 is 29.2 Å². The number of carbonyl (C=O) groups is 3. The molecular formula is C21H22N2O5. The summed E-state index contributed by atoms with van der Waals surface area (Å²) in [5.74, 6) is -3.72. The minimum Gasteiger partial charge on any atom is -0.468 e. The van der Waals surface area contributed by atoms with Crippen LogP contribution in [0.25, 0.3) is 0 Å². The van der Waals surface area contributed by atoms with Gasteiger partial charge in [0.25, 0.3) is 0 Å². The highest BCUT2D eigenvalue weighted by molar-refractivity contribution is 6.15. The molecule has 2 heterocycles. The van der Waals surface area contributed by atoms with Crippen LogP contribution in [0.15, 0.2) is 30.5 Å². The maximum atomic E-state index is 13.5. The largest absolute Gasteiger partial charge is 0.468 e. The van der Waals surface area contributed by atoms with E-state index in [0.717, 1.165) is 11.1 Å². The summed E-state index contributed by atoms with van der Waals surface area (Å²) in [5, 5.41) is 2.82. The molecule has 0 fully saturated rings. The number of aryl methyl sites for hydroxylation is 3. The van der Waals surface area contributed by atoms with Crippen molar-refractivity contribution < 1.29 is 23.9 Å². The van der Waals surface area contributed by atoms with E-state index in [2.05, 4.69) is 10.3 Å². The van der Waals surface area contributed by atoms with Crippen LogP contribution in [0.4, 0.5) is 5.69 Å². The van der Waals surface area contributed by atoms with Crippen molar-refractivity contribution in [3.63, 3.8) is 0 Å². The van der Waals surface area contributed by atoms with Crippen molar-refractivity contribution in [2.75, 3.05) is 19.5 Å². The van der Waals surface area contributed by atoms with Crippen LogP contribution in [0.5, 0.6) is 0 Å². The normalized spacial score (nSPS) is 17.9. The van der Waals surface area contributed by atoms with E-state index in [1.807, 2.05) is 19.9 Å². The lowest BCUT2D eigenvalue weighted by atomic mass is 9.65. The number of ether oxygens (including phenoxy) is 2. The van der Waals surface area contributed by atoms with E-state index in [0.29, 0.717) is 22.5 Å². The summed E-state index contributed by atoms with van der Waals surface area (Å²) < 4.78 is 9.84. The van der Waals surface area contributed by atoms with Gasteiger partial charge in [0.05, 0.1) is 14.2 Å². The van der Waals surface area contributed by atoms with E-state index in [-0.39, 0.29) is 0 Å². The molecule has 1 unspecified atom stereocenters. The Morgan fingerprint density at radius 3 is 2.21 bits per heavy atom. The fraction of sp³-hybridized carbons (Fsp3) is 0.333. The van der Waals surface area contributed by atoms with Crippen molar-refractivity contribution in [3.8, 4) is 0 Å². The number of hydrogen-bond acceptors (Lipinski definition) is 6. The van der Waals surface area contributed by atoms with E-state index in [9.17, 15) is 14.4 Å². The van der Waals surface area contributed by atoms with E-state index in [1.165, 1.54) is 14.2 Å². The summed E-state index contributed by atoms with van der Waals surface area (Å²) in [7, 11) is 2.36. The molecule has 0 spiro atoms. The predicted molar refractivity (Wildman–Crippen MR) is 102 cm³/mol. The molecule has 1 atom stereocenters. The number of nitrogens with zero attached hydrogens (tertiary/aromatic N) is 1. The first kappa shape index (κ1) is 19.5. The molecule has 28 heavy (non-hydrogen) atoms. The average molecular weight is 382 g/mol. The first-order valence-electron chi connectivity index (χ1n) is 8.79. The molecule has 1 amide bonds. The minimum atomic E-state index is -1.65. The number of pyridine rings is 1. The summed E-state index contributed by atoms with van der Waals surface area (Å²) in [6.45, 7) is 5.45. The quantitative estimate of drug-likeness (QED) is 0.644. The Bertz CT molecular complexity index is 969. The molecule has 1 aromatic heterocycles. The van der Waals surface area contributed by atoms with Gasteiger partial charge >= 0.3 is 11.9 Å². The van der Waals surface area contributed by atoms with Gasteiger partial charge in [-0.2, -0.15) is 0 Å². The molecular weight excluding hydrogens is 360 g/mol. The smallest absolute Gasteiger partial charge is 0.321 e. The zero-order valence-electron chi connectivity index (χ0n) is 16.5. The third kappa shape index (κ3) is 2.74. The molecule has 7 nitrogen and oxygen atoms in total. The molecule has 1 aromatic carbocycles. The van der Waals surface area contributed by atoms with Crippen LogP contribution in [0, 0.1) is 26.7 Å². The van der Waals surface area contributed by atoms with Gasteiger partial charge in [0.2, 0.25) is 5.91 Å². The van der Waals surface area contributed by atoms with Gasteiger partial charge in [-0.05, 0) is 43.5 Å². The van der Waals surface area contributed by atoms with Crippen LogP contribution >= 0.6 is 0 Å². The Labute approximate surface area is 163 Å². The van der Waals surface area contributed by atoms with Gasteiger partial charge in [0.1, 0.15) is 5.41 Å². The second-order valence-electron chi connectivity index (χ2n) is 6.94. The summed E-state index contributed by atoms with van der Waals surface area (Å²) in [5.41, 5.74) is 2.09. The highest BCUT2D eigenvalue weighted by Gasteiger charge is 2.61. The molecule has 0 saturated carbocycles. The van der Waals surface area contributed by atoms with E-state index in [1.54, 1.807) is 31.3 Å². The zero-order valence-corrected chi connectivity index (χ0v) is 16.5. The Kier molecular flexibility index (Phi) is 4.93. The van der Waals surface area contributed by atoms with Crippen molar-refractivity contribution in [1.82, 2.24) is 4.98 Å². The lowest BCUT2D eigenvalue weighted by Crippen LogP contribution is -2.51. The molecule has 1 aliphatic heterocycles. The number of rotatable bonds is 4. The van der Waals surface area contributed by atoms with Crippen LogP contribution in [0.2, 0.25) is 0 Å². The van der Waals surface area contributed by atoms with Crippen molar-refractivity contribution in [2.24, 2.45) is 5.92 Å². The number of nitrogens with one attached hydrogen (secondary N) is 1. The summed E-state index contributed by atoms with van der Waals surface area (Å²) >= 11 is 0. The Balaban J connectivity index is 2.47. The first-order chi connectivity index (χ1) is 13.3. The Hall–Kier alpha value is -3.22. The molecule has 0 radical (unpaired) electrons. The Morgan fingerprint density at radius 2 is 1.61 bits per heavy atom. The van der Waals surface area contributed by atoms with E-state index in [4.69, 9.17) is 9.47 Å². The van der Waals surface area contributed by atoms with Crippen molar-refractivity contribution in [2.45, 2.75) is 26.2 Å². The van der Waals surface area contributed by atoms with Crippen LogP contribution in [-0.2, 0) is 29.3 Å². The second-order valence-corrected chi connectivity index (χ2v) is 6.94. The summed E-state index contributed by atoms with van der Waals surface area (Å²) in [6.07, 6.45) is 1.67. The van der Waals surface area contributed by atoms with Gasteiger partial charge in [0.15, 0.2) is 5.92 Å². The standard InChI is InChI=1S/C21H22N2O5/c1-11-6-7-16-15(8-11)21(20(26)23-16,14-9-12(2)10-22-13(14)3)17(18(24)27-4)19(25)28-5/h6-10,17H,1-5H3,(H,23,26). The van der Waals surface area contributed by atoms with Gasteiger partial charge < -0.3 is 14.8 Å². The van der Waals surface area contributed by atoms with Crippen LogP contribution < -0.4 is 5.32 Å². The molecule has 0 bridgehead atoms. The van der Waals surface area contributed by atoms with Crippen LogP contribution in [-0.4, -0.2) is 37.0 Å². The monoisotopic (exact) mass is 382 g/mol. The van der Waals surface area contributed by atoms with Crippen molar-refractivity contribution in [3.05, 3.63) is 58.4 Å². The maximum Gasteiger partial charge on any atom is 0.321 e. The number of amides is 1. The van der Waals surface area contributed by atoms with Gasteiger partial charge in [-0.3, -0.25) is 19.4 Å². The van der Waals surface area contributed by atoms with Crippen LogP contribution in [0.1, 0.15) is 27.9 Å². The molecule has 0 saturated heterocycles. The number of fused-ring (bicyclic) bond motifs is 1. The molecule has 1 N–H and O–H groups in total. The zero-order chi connectivity index (χ0) is 20.6. The fourth-order valence-corrected chi connectivity index (χ4v) is 3.87. The average Bonchev–Trinajstić information content (AvgIpc) is 2.95. The maximum absolute atomic E-state index is 13.5. The summed E-state index contributed by atoms with van der Waals surface area (Å²) in [6, 6.07) is 7.18. The number of methoxy groups -OCH3 is 2. The molecule has 7 heteroatoms. The lowest BCUT2D eigenvalue weighted by molar-refractivity contribution is -0.163. The van der Waals surface area contributed by atoms with Gasteiger partial charge in [-0.1, -0.05) is 23.8 Å². The predicted octanol–water partition coefficient (Wildman–Crippen LogP) is 2.21. The minimum absolute atomic E-state index is 0.468. The number of carbonyl (C=O) groups excluding carboxylic acids is 3. The third-order valence-corrected chi connectivity index (χ3v) is 5.16.